The summed E-state index contributed by atoms with van der Waals surface area (Å²) in [6.07, 6.45) is -0.0148. The third-order valence-corrected chi connectivity index (χ3v) is 7.23. The van der Waals surface area contributed by atoms with Gasteiger partial charge in [-0.2, -0.15) is 0 Å². The topological polar surface area (TPSA) is 87.7 Å². The molecule has 2 N–H and O–H groups in total. The van der Waals surface area contributed by atoms with E-state index in [0.29, 0.717) is 12.1 Å². The van der Waals surface area contributed by atoms with E-state index in [9.17, 15) is 14.4 Å². The Balaban J connectivity index is 2.08. The molecule has 0 spiro atoms. The largest absolute Gasteiger partial charge is 0.444 e. The predicted octanol–water partition coefficient (Wildman–Crippen LogP) is 7.31. The van der Waals surface area contributed by atoms with Crippen LogP contribution in [0.3, 0.4) is 0 Å². The molecule has 0 aliphatic carbocycles. The molecule has 7 nitrogen and oxygen atoms in total. The van der Waals surface area contributed by atoms with Crippen LogP contribution in [0.15, 0.2) is 60.7 Å². The highest BCUT2D eigenvalue weighted by Gasteiger charge is 2.40. The molecule has 0 saturated heterocycles. The standard InChI is InChI=1S/C34H45N3O4/c1-10-23(5)29(36-33(40)41-34(7,8)9)32(39)37(21(2)3)30(28-19-22(4)15-16-24(28)6)31(38)35-27-18-17-25-13-11-12-14-26(25)20-27/h11-21,23,29-30H,10H2,1-9H3,(H,35,38)(H,36,40). The molecule has 0 aromatic heterocycles. The molecule has 0 aliphatic heterocycles. The van der Waals surface area contributed by atoms with Crippen LogP contribution in [0.2, 0.25) is 0 Å². The summed E-state index contributed by atoms with van der Waals surface area (Å²) < 4.78 is 5.49. The Morgan fingerprint density at radius 2 is 1.56 bits per heavy atom. The van der Waals surface area contributed by atoms with Crippen molar-refractivity contribution >= 4 is 34.4 Å². The molecule has 0 radical (unpaired) electrons. The summed E-state index contributed by atoms with van der Waals surface area (Å²) in [7, 11) is 0. The number of nitrogens with one attached hydrogen (secondary N) is 2. The van der Waals surface area contributed by atoms with Crippen LogP contribution >= 0.6 is 0 Å². The minimum atomic E-state index is -0.930. The maximum absolute atomic E-state index is 14.4. The quantitative estimate of drug-likeness (QED) is 0.288. The molecule has 3 rings (SSSR count). The maximum Gasteiger partial charge on any atom is 0.408 e. The Labute approximate surface area is 244 Å². The van der Waals surface area contributed by atoms with Gasteiger partial charge in [-0.05, 0) is 88.4 Å². The van der Waals surface area contributed by atoms with Crippen molar-refractivity contribution in [3.05, 3.63) is 77.4 Å². The van der Waals surface area contributed by atoms with Crippen molar-refractivity contribution in [2.45, 2.75) is 92.5 Å². The average Bonchev–Trinajstić information content (AvgIpc) is 2.89. The summed E-state index contributed by atoms with van der Waals surface area (Å²) in [6.45, 7) is 16.9. The van der Waals surface area contributed by atoms with Crippen LogP contribution in [0.25, 0.3) is 10.8 Å². The van der Waals surface area contributed by atoms with Gasteiger partial charge in [-0.15, -0.1) is 0 Å². The number of alkyl carbamates (subject to hydrolysis) is 1. The minimum Gasteiger partial charge on any atom is -0.444 e. The van der Waals surface area contributed by atoms with E-state index in [1.165, 1.54) is 0 Å². The Hall–Kier alpha value is -3.87. The fourth-order valence-electron chi connectivity index (χ4n) is 4.91. The van der Waals surface area contributed by atoms with Gasteiger partial charge in [0.1, 0.15) is 17.7 Å². The van der Waals surface area contributed by atoms with Crippen molar-refractivity contribution in [3.63, 3.8) is 0 Å². The number of hydrogen-bond donors (Lipinski definition) is 2. The summed E-state index contributed by atoms with van der Waals surface area (Å²) in [5.41, 5.74) is 2.55. The molecule has 3 atom stereocenters. The number of anilines is 1. The van der Waals surface area contributed by atoms with Crippen molar-refractivity contribution in [2.75, 3.05) is 5.32 Å². The number of nitrogens with zero attached hydrogens (tertiary/aromatic N) is 1. The number of carbonyl (C=O) groups excluding carboxylic acids is 3. The van der Waals surface area contributed by atoms with Crippen LogP contribution in [-0.2, 0) is 14.3 Å². The lowest BCUT2D eigenvalue weighted by atomic mass is 9.92. The zero-order chi connectivity index (χ0) is 30.5. The van der Waals surface area contributed by atoms with Gasteiger partial charge in [0.2, 0.25) is 5.91 Å². The lowest BCUT2D eigenvalue weighted by Crippen LogP contribution is -2.56. The molecule has 0 fully saturated rings. The third-order valence-electron chi connectivity index (χ3n) is 7.23. The van der Waals surface area contributed by atoms with Crippen LogP contribution in [0.4, 0.5) is 10.5 Å². The number of aryl methyl sites for hydroxylation is 2. The highest BCUT2D eigenvalue weighted by molar-refractivity contribution is 6.00. The number of amides is 3. The lowest BCUT2D eigenvalue weighted by molar-refractivity contribution is -0.144. The SMILES string of the molecule is CCC(C)C(NC(=O)OC(C)(C)C)C(=O)N(C(C)C)C(C(=O)Nc1ccc2ccccc2c1)c1cc(C)ccc1C. The first-order chi connectivity index (χ1) is 19.2. The normalized spacial score (nSPS) is 13.8. The smallest absolute Gasteiger partial charge is 0.408 e. The molecule has 0 bridgehead atoms. The highest BCUT2D eigenvalue weighted by Crippen LogP contribution is 2.31. The molecule has 220 valence electrons. The van der Waals surface area contributed by atoms with Gasteiger partial charge in [0, 0.05) is 11.7 Å². The second-order valence-corrected chi connectivity index (χ2v) is 12.2. The first-order valence-electron chi connectivity index (χ1n) is 14.4. The Morgan fingerprint density at radius 1 is 0.902 bits per heavy atom. The zero-order valence-corrected chi connectivity index (χ0v) is 25.9. The molecule has 41 heavy (non-hydrogen) atoms. The molecule has 3 aromatic rings. The van der Waals surface area contributed by atoms with Crippen molar-refractivity contribution in [3.8, 4) is 0 Å². The second-order valence-electron chi connectivity index (χ2n) is 12.2. The van der Waals surface area contributed by atoms with Gasteiger partial charge in [-0.3, -0.25) is 9.59 Å². The number of ether oxygens (including phenoxy) is 1. The van der Waals surface area contributed by atoms with Gasteiger partial charge < -0.3 is 20.3 Å². The molecule has 3 amide bonds. The van der Waals surface area contributed by atoms with E-state index < -0.39 is 23.8 Å². The molecule has 7 heteroatoms. The highest BCUT2D eigenvalue weighted by atomic mass is 16.6. The Kier molecular flexibility index (Phi) is 10.2. The van der Waals surface area contributed by atoms with Crippen LogP contribution in [0.5, 0.6) is 0 Å². The van der Waals surface area contributed by atoms with Gasteiger partial charge in [-0.1, -0.05) is 74.4 Å². The van der Waals surface area contributed by atoms with E-state index in [1.807, 2.05) is 102 Å². The van der Waals surface area contributed by atoms with E-state index in [1.54, 1.807) is 25.7 Å². The molecule has 3 aromatic carbocycles. The van der Waals surface area contributed by atoms with Crippen molar-refractivity contribution in [2.24, 2.45) is 5.92 Å². The Morgan fingerprint density at radius 3 is 2.17 bits per heavy atom. The lowest BCUT2D eigenvalue weighted by Gasteiger charge is -2.39. The van der Waals surface area contributed by atoms with E-state index in [4.69, 9.17) is 4.74 Å². The van der Waals surface area contributed by atoms with Gasteiger partial charge in [-0.25, -0.2) is 4.79 Å². The predicted molar refractivity (Wildman–Crippen MR) is 166 cm³/mol. The van der Waals surface area contributed by atoms with E-state index in [0.717, 1.165) is 27.5 Å². The van der Waals surface area contributed by atoms with E-state index >= 15 is 0 Å². The van der Waals surface area contributed by atoms with Gasteiger partial charge in [0.05, 0.1) is 0 Å². The van der Waals surface area contributed by atoms with Gasteiger partial charge >= 0.3 is 6.09 Å². The monoisotopic (exact) mass is 559 g/mol. The average molecular weight is 560 g/mol. The summed E-state index contributed by atoms with van der Waals surface area (Å²) in [4.78, 5) is 43.0. The number of hydrogen-bond acceptors (Lipinski definition) is 4. The third kappa shape index (κ3) is 8.09. The minimum absolute atomic E-state index is 0.195. The fraction of sp³-hybridized carbons (Fsp3) is 0.441. The zero-order valence-electron chi connectivity index (χ0n) is 25.9. The maximum atomic E-state index is 14.4. The molecular formula is C34H45N3O4. The molecule has 0 aliphatic rings. The number of rotatable bonds is 9. The summed E-state index contributed by atoms with van der Waals surface area (Å²) >= 11 is 0. The first kappa shape index (κ1) is 31.7. The first-order valence-corrected chi connectivity index (χ1v) is 14.4. The number of benzene rings is 3. The van der Waals surface area contributed by atoms with Gasteiger partial charge in [0.15, 0.2) is 0 Å². The fourth-order valence-corrected chi connectivity index (χ4v) is 4.91. The second kappa shape index (κ2) is 13.2. The molecule has 3 unspecified atom stereocenters. The summed E-state index contributed by atoms with van der Waals surface area (Å²) in [5.74, 6) is -0.852. The van der Waals surface area contributed by atoms with Crippen LogP contribution in [0, 0.1) is 19.8 Å². The Bertz CT molecular complexity index is 1390. The van der Waals surface area contributed by atoms with Crippen molar-refractivity contribution < 1.29 is 19.1 Å². The number of fused-ring (bicyclic) bond motifs is 1. The van der Waals surface area contributed by atoms with E-state index in [2.05, 4.69) is 10.6 Å². The molecular weight excluding hydrogens is 514 g/mol. The number of carbonyl (C=O) groups is 3. The van der Waals surface area contributed by atoms with Crippen LogP contribution in [-0.4, -0.2) is 40.5 Å². The van der Waals surface area contributed by atoms with Gasteiger partial charge in [0.25, 0.3) is 5.91 Å². The van der Waals surface area contributed by atoms with Crippen LogP contribution in [0.1, 0.15) is 77.6 Å². The molecule has 0 saturated carbocycles. The summed E-state index contributed by atoms with van der Waals surface area (Å²) in [5, 5.41) is 7.97. The van der Waals surface area contributed by atoms with Crippen molar-refractivity contribution in [1.82, 2.24) is 10.2 Å². The molecule has 0 heterocycles. The van der Waals surface area contributed by atoms with E-state index in [-0.39, 0.29) is 23.8 Å². The summed E-state index contributed by atoms with van der Waals surface area (Å²) in [6, 6.07) is 17.5. The van der Waals surface area contributed by atoms with Crippen LogP contribution < -0.4 is 10.6 Å². The van der Waals surface area contributed by atoms with Crippen molar-refractivity contribution in [1.29, 1.82) is 0 Å².